The molecule has 1 aromatic heterocycles. The quantitative estimate of drug-likeness (QED) is 0.879. The predicted molar refractivity (Wildman–Crippen MR) is 78.1 cm³/mol. The summed E-state index contributed by atoms with van der Waals surface area (Å²) in [6.45, 7) is 3.86. The first-order chi connectivity index (χ1) is 9.59. The highest BCUT2D eigenvalue weighted by Gasteiger charge is 2.31. The van der Waals surface area contributed by atoms with Gasteiger partial charge in [-0.1, -0.05) is 24.6 Å². The molecule has 1 aromatic carbocycles. The smallest absolute Gasteiger partial charge is 0.141 e. The minimum absolute atomic E-state index is 0.115. The van der Waals surface area contributed by atoms with Gasteiger partial charge in [-0.05, 0) is 37.6 Å². The number of anilines is 1. The van der Waals surface area contributed by atoms with Crippen molar-refractivity contribution in [3.05, 3.63) is 59.7 Å². The number of nitrogens with zero attached hydrogens (tertiary/aromatic N) is 1. The summed E-state index contributed by atoms with van der Waals surface area (Å²) in [5, 5.41) is 13.1. The molecule has 0 aliphatic heterocycles. The van der Waals surface area contributed by atoms with Crippen LogP contribution in [0.3, 0.4) is 0 Å². The van der Waals surface area contributed by atoms with Crippen LogP contribution in [0.15, 0.2) is 42.6 Å². The molecule has 0 saturated carbocycles. The predicted octanol–water partition coefficient (Wildman–Crippen LogP) is 3.24. The van der Waals surface area contributed by atoms with Crippen molar-refractivity contribution in [3.63, 3.8) is 0 Å². The molecule has 0 saturated heterocycles. The minimum Gasteiger partial charge on any atom is -0.394 e. The third kappa shape index (κ3) is 2.96. The highest BCUT2D eigenvalue weighted by Crippen LogP contribution is 2.28. The number of halogens is 1. The van der Waals surface area contributed by atoms with E-state index in [2.05, 4.69) is 10.3 Å². The second-order valence-electron chi connectivity index (χ2n) is 4.95. The summed E-state index contributed by atoms with van der Waals surface area (Å²) in [6, 6.07) is 10.9. The molecule has 106 valence electrons. The van der Waals surface area contributed by atoms with Gasteiger partial charge in [0, 0.05) is 5.69 Å². The van der Waals surface area contributed by atoms with Crippen LogP contribution < -0.4 is 5.32 Å². The van der Waals surface area contributed by atoms with Gasteiger partial charge in [0.25, 0.3) is 0 Å². The fraction of sp³-hybridized carbons (Fsp3) is 0.312. The van der Waals surface area contributed by atoms with Crippen molar-refractivity contribution in [2.24, 2.45) is 0 Å². The number of aromatic nitrogens is 1. The van der Waals surface area contributed by atoms with E-state index in [9.17, 15) is 9.50 Å². The van der Waals surface area contributed by atoms with Gasteiger partial charge in [0.1, 0.15) is 11.4 Å². The molecule has 2 rings (SSSR count). The third-order valence-electron chi connectivity index (χ3n) is 3.53. The van der Waals surface area contributed by atoms with Crippen LogP contribution in [0.25, 0.3) is 0 Å². The molecule has 0 radical (unpaired) electrons. The molecule has 1 unspecified atom stereocenters. The number of nitrogens with one attached hydrogen (secondary N) is 1. The van der Waals surface area contributed by atoms with Gasteiger partial charge in [0.15, 0.2) is 0 Å². The maximum atomic E-state index is 13.0. The summed E-state index contributed by atoms with van der Waals surface area (Å²) in [7, 11) is 0. The van der Waals surface area contributed by atoms with Crippen LogP contribution in [0.4, 0.5) is 10.1 Å². The second kappa shape index (κ2) is 6.01. The zero-order valence-electron chi connectivity index (χ0n) is 11.7. The molecule has 0 aliphatic carbocycles. The van der Waals surface area contributed by atoms with E-state index < -0.39 is 5.54 Å². The number of rotatable bonds is 5. The van der Waals surface area contributed by atoms with E-state index in [-0.39, 0.29) is 12.4 Å². The molecule has 3 nitrogen and oxygen atoms in total. The maximum absolute atomic E-state index is 13.0. The van der Waals surface area contributed by atoms with Crippen LogP contribution in [0.2, 0.25) is 0 Å². The summed E-state index contributed by atoms with van der Waals surface area (Å²) < 4.78 is 13.0. The van der Waals surface area contributed by atoms with Gasteiger partial charge in [-0.3, -0.25) is 4.98 Å². The molecule has 0 spiro atoms. The monoisotopic (exact) mass is 274 g/mol. The Bertz CT molecular complexity index is 548. The normalized spacial score (nSPS) is 13.8. The van der Waals surface area contributed by atoms with E-state index in [4.69, 9.17) is 0 Å². The van der Waals surface area contributed by atoms with E-state index in [1.54, 1.807) is 6.07 Å². The topological polar surface area (TPSA) is 45.1 Å². The van der Waals surface area contributed by atoms with Crippen LogP contribution in [0.1, 0.15) is 24.6 Å². The molecule has 20 heavy (non-hydrogen) atoms. The van der Waals surface area contributed by atoms with E-state index in [0.29, 0.717) is 12.1 Å². The zero-order chi connectivity index (χ0) is 14.6. The van der Waals surface area contributed by atoms with Crippen molar-refractivity contribution < 1.29 is 9.50 Å². The highest BCUT2D eigenvalue weighted by molar-refractivity contribution is 5.48. The van der Waals surface area contributed by atoms with Gasteiger partial charge in [-0.15, -0.1) is 0 Å². The first kappa shape index (κ1) is 14.5. The molecule has 0 fully saturated rings. The Morgan fingerprint density at radius 2 is 1.90 bits per heavy atom. The average molecular weight is 274 g/mol. The van der Waals surface area contributed by atoms with E-state index in [1.807, 2.05) is 38.1 Å². The zero-order valence-corrected chi connectivity index (χ0v) is 11.7. The van der Waals surface area contributed by atoms with Gasteiger partial charge in [-0.25, -0.2) is 4.39 Å². The first-order valence-electron chi connectivity index (χ1n) is 6.67. The number of pyridine rings is 1. The maximum Gasteiger partial charge on any atom is 0.141 e. The van der Waals surface area contributed by atoms with E-state index >= 15 is 0 Å². The van der Waals surface area contributed by atoms with Gasteiger partial charge in [0.05, 0.1) is 18.5 Å². The van der Waals surface area contributed by atoms with Gasteiger partial charge in [-0.2, -0.15) is 0 Å². The molecule has 4 heteroatoms. The Hall–Kier alpha value is -1.94. The van der Waals surface area contributed by atoms with Crippen molar-refractivity contribution in [1.29, 1.82) is 0 Å². The van der Waals surface area contributed by atoms with E-state index in [0.717, 1.165) is 5.69 Å². The Morgan fingerprint density at radius 1 is 1.20 bits per heavy atom. The molecule has 1 heterocycles. The molecule has 2 N–H and O–H groups in total. The lowest BCUT2D eigenvalue weighted by Gasteiger charge is -2.32. The molecule has 2 aromatic rings. The number of aliphatic hydroxyl groups is 1. The Morgan fingerprint density at radius 3 is 2.40 bits per heavy atom. The highest BCUT2D eigenvalue weighted by atomic mass is 19.1. The molecule has 0 amide bonds. The molecule has 1 atom stereocenters. The lowest BCUT2D eigenvalue weighted by atomic mass is 9.91. The van der Waals surface area contributed by atoms with Crippen molar-refractivity contribution >= 4 is 5.69 Å². The van der Waals surface area contributed by atoms with Crippen LogP contribution >= 0.6 is 0 Å². The Labute approximate surface area is 118 Å². The number of hydrogen-bond acceptors (Lipinski definition) is 3. The second-order valence-corrected chi connectivity index (χ2v) is 4.95. The average Bonchev–Trinajstić information content (AvgIpc) is 2.48. The number of benzene rings is 1. The molecular formula is C16H19FN2O. The largest absolute Gasteiger partial charge is 0.394 e. The standard InChI is InChI=1S/C16H19FN2O/c1-3-16(11-20,15-9-6-13(17)10-18-15)19-14-7-4-12(2)5-8-14/h4-10,19-20H,3,11H2,1-2H3. The number of aryl methyl sites for hydroxylation is 1. The lowest BCUT2D eigenvalue weighted by Crippen LogP contribution is -2.39. The number of hydrogen-bond donors (Lipinski definition) is 2. The summed E-state index contributed by atoms with van der Waals surface area (Å²) in [6.07, 6.45) is 1.81. The molecular weight excluding hydrogens is 255 g/mol. The fourth-order valence-corrected chi connectivity index (χ4v) is 2.14. The van der Waals surface area contributed by atoms with Crippen molar-refractivity contribution in [3.8, 4) is 0 Å². The van der Waals surface area contributed by atoms with Gasteiger partial charge < -0.3 is 10.4 Å². The van der Waals surface area contributed by atoms with Crippen LogP contribution in [0, 0.1) is 12.7 Å². The molecule has 0 bridgehead atoms. The SMILES string of the molecule is CCC(CO)(Nc1ccc(C)cc1)c1ccc(F)cn1. The van der Waals surface area contributed by atoms with Crippen molar-refractivity contribution in [2.45, 2.75) is 25.8 Å². The van der Waals surface area contributed by atoms with Crippen LogP contribution in [0.5, 0.6) is 0 Å². The Kier molecular flexibility index (Phi) is 4.35. The lowest BCUT2D eigenvalue weighted by molar-refractivity contribution is 0.204. The fourth-order valence-electron chi connectivity index (χ4n) is 2.14. The summed E-state index contributed by atoms with van der Waals surface area (Å²) >= 11 is 0. The van der Waals surface area contributed by atoms with Crippen molar-refractivity contribution in [1.82, 2.24) is 4.98 Å². The Balaban J connectivity index is 2.33. The van der Waals surface area contributed by atoms with Crippen molar-refractivity contribution in [2.75, 3.05) is 11.9 Å². The van der Waals surface area contributed by atoms with Crippen LogP contribution in [-0.4, -0.2) is 16.7 Å². The minimum atomic E-state index is -0.705. The third-order valence-corrected chi connectivity index (χ3v) is 3.53. The molecule has 0 aliphatic rings. The summed E-state index contributed by atoms with van der Waals surface area (Å²) in [5.74, 6) is -0.382. The van der Waals surface area contributed by atoms with Crippen LogP contribution in [-0.2, 0) is 5.54 Å². The van der Waals surface area contributed by atoms with E-state index in [1.165, 1.54) is 17.8 Å². The number of aliphatic hydroxyl groups excluding tert-OH is 1. The summed E-state index contributed by atoms with van der Waals surface area (Å²) in [4.78, 5) is 4.11. The first-order valence-corrected chi connectivity index (χ1v) is 6.67. The summed E-state index contributed by atoms with van der Waals surface area (Å²) in [5.41, 5.74) is 1.99. The van der Waals surface area contributed by atoms with Gasteiger partial charge in [0.2, 0.25) is 0 Å². The van der Waals surface area contributed by atoms with Gasteiger partial charge >= 0.3 is 0 Å².